The predicted molar refractivity (Wildman–Crippen MR) is 139 cm³/mol. The second kappa shape index (κ2) is 8.74. The smallest absolute Gasteiger partial charge is 0.263 e. The van der Waals surface area contributed by atoms with E-state index in [9.17, 15) is 9.59 Å². The molecule has 166 valence electrons. The largest absolute Gasteiger partial charge is 0.309 e. The van der Waals surface area contributed by atoms with Crippen molar-refractivity contribution in [3.63, 3.8) is 0 Å². The minimum absolute atomic E-state index is 0.0859. The molecule has 0 saturated carbocycles. The normalized spacial score (nSPS) is 11.5. The summed E-state index contributed by atoms with van der Waals surface area (Å²) in [6.45, 7) is 8.18. The summed E-state index contributed by atoms with van der Waals surface area (Å²) in [6.07, 6.45) is 1.68. The van der Waals surface area contributed by atoms with E-state index >= 15 is 0 Å². The molecule has 0 radical (unpaired) electrons. The Balaban J connectivity index is 1.52. The van der Waals surface area contributed by atoms with Crippen molar-refractivity contribution >= 4 is 54.9 Å². The first kappa shape index (κ1) is 21.8. The van der Waals surface area contributed by atoms with E-state index in [-0.39, 0.29) is 11.1 Å². The van der Waals surface area contributed by atoms with Gasteiger partial charge in [-0.2, -0.15) is 0 Å². The van der Waals surface area contributed by atoms with Crippen molar-refractivity contribution < 1.29 is 0 Å². The Morgan fingerprint density at radius 2 is 1.91 bits per heavy atom. The highest BCUT2D eigenvalue weighted by molar-refractivity contribution is 7.98. The maximum atomic E-state index is 13.1. The van der Waals surface area contributed by atoms with Gasteiger partial charge in [-0.3, -0.25) is 14.2 Å². The zero-order valence-corrected chi connectivity index (χ0v) is 20.5. The van der Waals surface area contributed by atoms with Crippen molar-refractivity contribution in [2.75, 3.05) is 0 Å². The van der Waals surface area contributed by atoms with E-state index in [1.54, 1.807) is 16.7 Å². The summed E-state index contributed by atoms with van der Waals surface area (Å²) >= 11 is 4.34. The fourth-order valence-corrected chi connectivity index (χ4v) is 6.51. The van der Waals surface area contributed by atoms with Gasteiger partial charge in [0.2, 0.25) is 0 Å². The molecule has 0 aliphatic rings. The van der Waals surface area contributed by atoms with Gasteiger partial charge in [-0.1, -0.05) is 47.7 Å². The van der Waals surface area contributed by atoms with Crippen molar-refractivity contribution in [1.82, 2.24) is 19.5 Å². The lowest BCUT2D eigenvalue weighted by Crippen LogP contribution is -2.22. The Kier molecular flexibility index (Phi) is 5.77. The second-order valence-electron chi connectivity index (χ2n) is 7.62. The zero-order valence-electron chi connectivity index (χ0n) is 18.0. The summed E-state index contributed by atoms with van der Waals surface area (Å²) in [7, 11) is 0. The predicted octanol–water partition coefficient (Wildman–Crippen LogP) is 5.52. The average molecular weight is 493 g/mol. The van der Waals surface area contributed by atoms with Crippen LogP contribution in [0.4, 0.5) is 0 Å². The van der Waals surface area contributed by atoms with Crippen LogP contribution in [0.3, 0.4) is 0 Å². The first-order chi connectivity index (χ1) is 16.0. The maximum Gasteiger partial charge on any atom is 0.263 e. The molecule has 1 N–H and O–H groups in total. The molecule has 4 aromatic heterocycles. The van der Waals surface area contributed by atoms with Crippen LogP contribution in [-0.4, -0.2) is 19.5 Å². The molecule has 5 rings (SSSR count). The van der Waals surface area contributed by atoms with Gasteiger partial charge in [0, 0.05) is 17.0 Å². The van der Waals surface area contributed by atoms with Crippen LogP contribution in [-0.2, 0) is 12.3 Å². The van der Waals surface area contributed by atoms with E-state index in [4.69, 9.17) is 4.98 Å². The van der Waals surface area contributed by atoms with Crippen LogP contribution in [0.15, 0.2) is 63.1 Å². The number of rotatable bonds is 6. The van der Waals surface area contributed by atoms with Gasteiger partial charge in [0.25, 0.3) is 11.1 Å². The number of thiophene rings is 2. The van der Waals surface area contributed by atoms with Crippen LogP contribution in [0.5, 0.6) is 0 Å². The van der Waals surface area contributed by atoms with Crippen LogP contribution in [0.1, 0.15) is 16.3 Å². The van der Waals surface area contributed by atoms with Crippen molar-refractivity contribution in [2.24, 2.45) is 0 Å². The molecule has 0 atom stereocenters. The second-order valence-corrected chi connectivity index (χ2v) is 10.7. The number of hydrogen-bond acceptors (Lipinski definition) is 7. The van der Waals surface area contributed by atoms with Gasteiger partial charge in [-0.15, -0.1) is 29.3 Å². The summed E-state index contributed by atoms with van der Waals surface area (Å²) in [5, 5.41) is 3.68. The van der Waals surface area contributed by atoms with Crippen LogP contribution in [0.2, 0.25) is 0 Å². The quantitative estimate of drug-likeness (QED) is 0.192. The maximum absolute atomic E-state index is 13.1. The topological polar surface area (TPSA) is 80.6 Å². The Morgan fingerprint density at radius 1 is 1.12 bits per heavy atom. The Morgan fingerprint density at radius 3 is 2.67 bits per heavy atom. The molecule has 9 heteroatoms. The molecule has 0 aliphatic carbocycles. The van der Waals surface area contributed by atoms with Gasteiger partial charge in [0.05, 0.1) is 16.5 Å². The Bertz CT molecular complexity index is 1620. The number of benzene rings is 1. The van der Waals surface area contributed by atoms with E-state index < -0.39 is 0 Å². The summed E-state index contributed by atoms with van der Waals surface area (Å²) in [5.41, 5.74) is 2.89. The number of H-pyrrole nitrogens is 1. The molecule has 0 fully saturated rings. The van der Waals surface area contributed by atoms with Crippen molar-refractivity contribution in [3.05, 3.63) is 85.3 Å². The molecule has 0 aliphatic heterocycles. The summed E-state index contributed by atoms with van der Waals surface area (Å²) in [5.74, 6) is 0.947. The number of allylic oxidation sites excluding steroid dienone is 1. The molecule has 1 aromatic carbocycles. The number of aryl methyl sites for hydroxylation is 2. The van der Waals surface area contributed by atoms with E-state index in [0.717, 1.165) is 16.0 Å². The van der Waals surface area contributed by atoms with Crippen LogP contribution in [0, 0.1) is 13.8 Å². The Hall–Kier alpha value is -3.01. The van der Waals surface area contributed by atoms with Gasteiger partial charge >= 0.3 is 0 Å². The third kappa shape index (κ3) is 3.96. The monoisotopic (exact) mass is 492 g/mol. The van der Waals surface area contributed by atoms with Crippen molar-refractivity contribution in [1.29, 1.82) is 0 Å². The van der Waals surface area contributed by atoms with Crippen molar-refractivity contribution in [2.45, 2.75) is 31.3 Å². The van der Waals surface area contributed by atoms with E-state index in [2.05, 4.69) is 16.5 Å². The SMILES string of the molecule is C=CCn1c(SCc2nc3sc(C)c(-c4ccc(C)cc4)c3c(=O)[nH]2)nc2sccc2c1=O. The van der Waals surface area contributed by atoms with E-state index in [1.807, 2.05) is 43.5 Å². The molecule has 0 unspecified atom stereocenters. The standard InChI is InChI=1S/C24H20N4O2S3/c1-4-10-28-23(30)16-9-11-31-21(16)27-24(28)32-12-17-25-20(29)19-18(14(3)33-22(19)26-17)15-7-5-13(2)6-8-15/h4-9,11H,1,10,12H2,2-3H3,(H,25,26,29). The Labute approximate surface area is 201 Å². The summed E-state index contributed by atoms with van der Waals surface area (Å²) < 4.78 is 1.61. The minimum Gasteiger partial charge on any atom is -0.309 e. The molecule has 33 heavy (non-hydrogen) atoms. The van der Waals surface area contributed by atoms with Crippen LogP contribution >= 0.6 is 34.4 Å². The third-order valence-electron chi connectivity index (χ3n) is 5.33. The van der Waals surface area contributed by atoms with Gasteiger partial charge < -0.3 is 4.98 Å². The molecular weight excluding hydrogens is 472 g/mol. The van der Waals surface area contributed by atoms with Gasteiger partial charge in [-0.25, -0.2) is 9.97 Å². The van der Waals surface area contributed by atoms with Gasteiger partial charge in [0.15, 0.2) is 5.16 Å². The van der Waals surface area contributed by atoms with Gasteiger partial charge in [0.1, 0.15) is 15.5 Å². The lowest BCUT2D eigenvalue weighted by Gasteiger charge is -2.09. The number of thioether (sulfide) groups is 1. The lowest BCUT2D eigenvalue weighted by atomic mass is 10.0. The fourth-order valence-electron chi connectivity index (χ4n) is 3.76. The minimum atomic E-state index is -0.152. The number of aromatic amines is 1. The average Bonchev–Trinajstić information content (AvgIpc) is 3.39. The number of aromatic nitrogens is 4. The number of nitrogens with one attached hydrogen (secondary N) is 1. The van der Waals surface area contributed by atoms with E-state index in [1.165, 1.54) is 40.0 Å². The van der Waals surface area contributed by atoms with Crippen LogP contribution < -0.4 is 11.1 Å². The molecule has 0 amide bonds. The molecule has 0 bridgehead atoms. The number of nitrogens with zero attached hydrogens (tertiary/aromatic N) is 3. The first-order valence-electron chi connectivity index (χ1n) is 10.3. The number of hydrogen-bond donors (Lipinski definition) is 1. The lowest BCUT2D eigenvalue weighted by molar-refractivity contribution is 0.672. The summed E-state index contributed by atoms with van der Waals surface area (Å²) in [4.78, 5) is 40.7. The molecule has 6 nitrogen and oxygen atoms in total. The van der Waals surface area contributed by atoms with Crippen molar-refractivity contribution in [3.8, 4) is 11.1 Å². The molecule has 0 spiro atoms. The highest BCUT2D eigenvalue weighted by Gasteiger charge is 2.18. The third-order valence-corrected chi connectivity index (χ3v) is 8.12. The molecule has 5 aromatic rings. The molecule has 0 saturated heterocycles. The molecule has 4 heterocycles. The zero-order chi connectivity index (χ0) is 23.1. The first-order valence-corrected chi connectivity index (χ1v) is 13.0. The van der Waals surface area contributed by atoms with Gasteiger partial charge in [-0.05, 0) is 30.9 Å². The number of fused-ring (bicyclic) bond motifs is 2. The highest BCUT2D eigenvalue weighted by Crippen LogP contribution is 2.36. The van der Waals surface area contributed by atoms with Crippen LogP contribution in [0.25, 0.3) is 31.6 Å². The fraction of sp³-hybridized carbons (Fsp3) is 0.167. The summed E-state index contributed by atoms with van der Waals surface area (Å²) in [6, 6.07) is 9.97. The van der Waals surface area contributed by atoms with E-state index in [0.29, 0.717) is 43.7 Å². The highest BCUT2D eigenvalue weighted by atomic mass is 32.2. The molecular formula is C24H20N4O2S3.